The van der Waals surface area contributed by atoms with E-state index in [4.69, 9.17) is 4.74 Å². The average Bonchev–Trinajstić information content (AvgIpc) is 2.82. The Balaban J connectivity index is 1.90. The molecule has 2 aliphatic heterocycles. The summed E-state index contributed by atoms with van der Waals surface area (Å²) in [5.74, 6) is 1.40. The van der Waals surface area contributed by atoms with Crippen molar-refractivity contribution in [2.24, 2.45) is 11.0 Å². The van der Waals surface area contributed by atoms with Crippen molar-refractivity contribution in [1.29, 1.82) is 0 Å². The van der Waals surface area contributed by atoms with Gasteiger partial charge in [0.2, 0.25) is 0 Å². The first kappa shape index (κ1) is 10.6. The summed E-state index contributed by atoms with van der Waals surface area (Å²) in [5, 5.41) is 7.89. The first-order valence-corrected chi connectivity index (χ1v) is 6.06. The van der Waals surface area contributed by atoms with Gasteiger partial charge in [0.05, 0.1) is 13.2 Å². The quantitative estimate of drug-likeness (QED) is 0.806. The number of nitrogens with one attached hydrogen (secondary N) is 2. The van der Waals surface area contributed by atoms with Gasteiger partial charge in [0.25, 0.3) is 0 Å². The molecule has 0 aliphatic carbocycles. The Kier molecular flexibility index (Phi) is 2.73. The van der Waals surface area contributed by atoms with E-state index < -0.39 is 0 Å². The van der Waals surface area contributed by atoms with Crippen LogP contribution in [0.1, 0.15) is 18.0 Å². The number of benzene rings is 1. The van der Waals surface area contributed by atoms with Gasteiger partial charge in [0.1, 0.15) is 5.75 Å². The van der Waals surface area contributed by atoms with Crippen LogP contribution < -0.4 is 15.5 Å². The van der Waals surface area contributed by atoms with Crippen molar-refractivity contribution in [2.45, 2.75) is 12.5 Å². The number of fused-ring (bicyclic) bond motifs is 1. The molecular formula is C13H17N3O. The lowest BCUT2D eigenvalue weighted by Gasteiger charge is -2.26. The van der Waals surface area contributed by atoms with Crippen LogP contribution in [0.2, 0.25) is 0 Å². The van der Waals surface area contributed by atoms with E-state index in [1.54, 1.807) is 7.11 Å². The van der Waals surface area contributed by atoms with Crippen LogP contribution in [-0.4, -0.2) is 25.9 Å². The maximum Gasteiger partial charge on any atom is 0.124 e. The smallest absolute Gasteiger partial charge is 0.124 e. The van der Waals surface area contributed by atoms with E-state index in [-0.39, 0.29) is 6.04 Å². The molecule has 2 N–H and O–H groups in total. The Hall–Kier alpha value is -1.55. The van der Waals surface area contributed by atoms with Gasteiger partial charge in [0.15, 0.2) is 0 Å². The van der Waals surface area contributed by atoms with E-state index >= 15 is 0 Å². The highest BCUT2D eigenvalue weighted by Gasteiger charge is 2.35. The molecule has 0 amide bonds. The normalized spacial score (nSPS) is 27.0. The minimum Gasteiger partial charge on any atom is -0.496 e. The third-order valence-corrected chi connectivity index (χ3v) is 3.57. The zero-order valence-electron chi connectivity index (χ0n) is 9.94. The summed E-state index contributed by atoms with van der Waals surface area (Å²) in [4.78, 5) is 0. The predicted molar refractivity (Wildman–Crippen MR) is 67.3 cm³/mol. The molecular weight excluding hydrogens is 214 g/mol. The molecule has 2 unspecified atom stereocenters. The highest BCUT2D eigenvalue weighted by Crippen LogP contribution is 2.34. The molecule has 2 atom stereocenters. The molecule has 2 heterocycles. The number of hydrogen-bond acceptors (Lipinski definition) is 4. The molecule has 0 radical (unpaired) electrons. The van der Waals surface area contributed by atoms with Gasteiger partial charge < -0.3 is 15.5 Å². The Bertz CT molecular complexity index is 444. The summed E-state index contributed by atoms with van der Waals surface area (Å²) >= 11 is 0. The molecule has 17 heavy (non-hydrogen) atoms. The second kappa shape index (κ2) is 4.37. The molecule has 2 aliphatic rings. The van der Waals surface area contributed by atoms with Gasteiger partial charge in [-0.1, -0.05) is 18.2 Å². The molecule has 3 rings (SSSR count). The molecule has 0 spiro atoms. The SMILES string of the molecule is COc1ccccc1C1NN=C2CCNCC21. The van der Waals surface area contributed by atoms with Gasteiger partial charge in [-0.25, -0.2) is 0 Å². The zero-order chi connectivity index (χ0) is 11.7. The number of hydrazone groups is 1. The summed E-state index contributed by atoms with van der Waals surface area (Å²) in [6, 6.07) is 8.41. The number of nitrogens with zero attached hydrogens (tertiary/aromatic N) is 1. The molecule has 90 valence electrons. The van der Waals surface area contributed by atoms with E-state index in [0.717, 1.165) is 25.3 Å². The first-order chi connectivity index (χ1) is 8.40. The summed E-state index contributed by atoms with van der Waals surface area (Å²) in [5.41, 5.74) is 5.75. The Morgan fingerprint density at radius 3 is 3.12 bits per heavy atom. The Morgan fingerprint density at radius 1 is 1.35 bits per heavy atom. The van der Waals surface area contributed by atoms with Crippen molar-refractivity contribution in [2.75, 3.05) is 20.2 Å². The molecule has 1 fully saturated rings. The van der Waals surface area contributed by atoms with Crippen LogP contribution in [0, 0.1) is 5.92 Å². The summed E-state index contributed by atoms with van der Waals surface area (Å²) in [7, 11) is 1.72. The second-order valence-corrected chi connectivity index (χ2v) is 4.51. The van der Waals surface area contributed by atoms with Crippen LogP contribution in [0.4, 0.5) is 0 Å². The molecule has 1 aromatic carbocycles. The van der Waals surface area contributed by atoms with Crippen LogP contribution in [0.3, 0.4) is 0 Å². The van der Waals surface area contributed by atoms with Crippen molar-refractivity contribution in [3.05, 3.63) is 29.8 Å². The van der Waals surface area contributed by atoms with Crippen LogP contribution in [0.5, 0.6) is 5.75 Å². The lowest BCUT2D eigenvalue weighted by atomic mass is 9.87. The maximum atomic E-state index is 5.43. The fourth-order valence-electron chi connectivity index (χ4n) is 2.68. The van der Waals surface area contributed by atoms with Crippen molar-refractivity contribution in [3.8, 4) is 5.75 Å². The van der Waals surface area contributed by atoms with Crippen molar-refractivity contribution in [1.82, 2.24) is 10.7 Å². The zero-order valence-corrected chi connectivity index (χ0v) is 9.94. The fraction of sp³-hybridized carbons (Fsp3) is 0.462. The van der Waals surface area contributed by atoms with Crippen LogP contribution >= 0.6 is 0 Å². The standard InChI is InChI=1S/C13H17N3O/c1-17-12-5-3-2-4-9(12)13-10-8-14-7-6-11(10)15-16-13/h2-5,10,13-14,16H,6-8H2,1H3. The number of hydrogen-bond donors (Lipinski definition) is 2. The van der Waals surface area contributed by atoms with Gasteiger partial charge in [-0.15, -0.1) is 0 Å². The van der Waals surface area contributed by atoms with Crippen LogP contribution in [0.25, 0.3) is 0 Å². The topological polar surface area (TPSA) is 45.6 Å². The van der Waals surface area contributed by atoms with E-state index in [1.165, 1.54) is 11.3 Å². The molecule has 0 bridgehead atoms. The maximum absolute atomic E-state index is 5.43. The molecule has 0 saturated carbocycles. The number of methoxy groups -OCH3 is 1. The van der Waals surface area contributed by atoms with E-state index in [0.29, 0.717) is 5.92 Å². The predicted octanol–water partition coefficient (Wildman–Crippen LogP) is 1.30. The third-order valence-electron chi connectivity index (χ3n) is 3.57. The molecule has 4 nitrogen and oxygen atoms in total. The number of para-hydroxylation sites is 1. The molecule has 1 aromatic rings. The van der Waals surface area contributed by atoms with Crippen molar-refractivity contribution < 1.29 is 4.74 Å². The Labute approximate surface area is 101 Å². The summed E-state index contributed by atoms with van der Waals surface area (Å²) in [6.07, 6.45) is 1.04. The van der Waals surface area contributed by atoms with E-state index in [2.05, 4.69) is 21.9 Å². The lowest BCUT2D eigenvalue weighted by Crippen LogP contribution is -2.38. The van der Waals surface area contributed by atoms with Crippen LogP contribution in [-0.2, 0) is 0 Å². The highest BCUT2D eigenvalue weighted by atomic mass is 16.5. The lowest BCUT2D eigenvalue weighted by molar-refractivity contribution is 0.387. The largest absolute Gasteiger partial charge is 0.496 e. The highest BCUT2D eigenvalue weighted by molar-refractivity contribution is 5.90. The molecule has 4 heteroatoms. The third kappa shape index (κ3) is 1.78. The van der Waals surface area contributed by atoms with E-state index in [1.807, 2.05) is 18.2 Å². The Morgan fingerprint density at radius 2 is 2.24 bits per heavy atom. The minimum atomic E-state index is 0.244. The van der Waals surface area contributed by atoms with E-state index in [9.17, 15) is 0 Å². The number of piperidine rings is 1. The van der Waals surface area contributed by atoms with Gasteiger partial charge >= 0.3 is 0 Å². The number of ether oxygens (including phenoxy) is 1. The monoisotopic (exact) mass is 231 g/mol. The van der Waals surface area contributed by atoms with Crippen LogP contribution in [0.15, 0.2) is 29.4 Å². The summed E-state index contributed by atoms with van der Waals surface area (Å²) < 4.78 is 5.43. The summed E-state index contributed by atoms with van der Waals surface area (Å²) in [6.45, 7) is 2.03. The van der Waals surface area contributed by atoms with Gasteiger partial charge in [0, 0.05) is 36.7 Å². The minimum absolute atomic E-state index is 0.244. The fourth-order valence-corrected chi connectivity index (χ4v) is 2.68. The average molecular weight is 231 g/mol. The molecule has 1 saturated heterocycles. The van der Waals surface area contributed by atoms with Gasteiger partial charge in [-0.2, -0.15) is 5.10 Å². The van der Waals surface area contributed by atoms with Crippen molar-refractivity contribution >= 4 is 5.71 Å². The second-order valence-electron chi connectivity index (χ2n) is 4.51. The van der Waals surface area contributed by atoms with Crippen molar-refractivity contribution in [3.63, 3.8) is 0 Å². The number of rotatable bonds is 2. The first-order valence-electron chi connectivity index (χ1n) is 6.06. The molecule has 0 aromatic heterocycles. The van der Waals surface area contributed by atoms with Gasteiger partial charge in [-0.3, -0.25) is 0 Å². The van der Waals surface area contributed by atoms with Gasteiger partial charge in [-0.05, 0) is 6.07 Å².